The van der Waals surface area contributed by atoms with Crippen molar-refractivity contribution in [2.24, 2.45) is 5.92 Å². The summed E-state index contributed by atoms with van der Waals surface area (Å²) < 4.78 is 10.4. The summed E-state index contributed by atoms with van der Waals surface area (Å²) in [6.45, 7) is 3.23. The molecule has 0 aromatic carbocycles. The van der Waals surface area contributed by atoms with Crippen molar-refractivity contribution in [1.29, 1.82) is 0 Å². The van der Waals surface area contributed by atoms with Crippen molar-refractivity contribution in [3.05, 3.63) is 23.1 Å². The third-order valence-electron chi connectivity index (χ3n) is 6.91. The van der Waals surface area contributed by atoms with Crippen molar-refractivity contribution in [3.8, 4) is 0 Å². The molecule has 2 aromatic heterocycles. The number of carbonyl (C=O) groups excluding carboxylic acids is 1. The Balaban J connectivity index is 1.20. The first-order valence-electron chi connectivity index (χ1n) is 10.0. The van der Waals surface area contributed by atoms with Crippen molar-refractivity contribution >= 4 is 5.91 Å². The van der Waals surface area contributed by atoms with Gasteiger partial charge in [0.2, 0.25) is 11.8 Å². The van der Waals surface area contributed by atoms with Crippen molar-refractivity contribution in [2.45, 2.75) is 69.6 Å². The van der Waals surface area contributed by atoms with Gasteiger partial charge in [-0.25, -0.2) is 4.63 Å². The van der Waals surface area contributed by atoms with Crippen LogP contribution in [0.2, 0.25) is 0 Å². The van der Waals surface area contributed by atoms with E-state index in [9.17, 15) is 4.79 Å². The summed E-state index contributed by atoms with van der Waals surface area (Å²) in [5, 5.41) is 11.9. The number of rotatable bonds is 4. The predicted molar refractivity (Wildman–Crippen MR) is 93.8 cm³/mol. The van der Waals surface area contributed by atoms with E-state index in [4.69, 9.17) is 9.51 Å². The molecule has 3 aliphatic rings. The minimum atomic E-state index is 0.0721. The van der Waals surface area contributed by atoms with Crippen LogP contribution in [0.3, 0.4) is 0 Å². The fraction of sp³-hybridized carbons (Fsp3) is 0.737. The Morgan fingerprint density at radius 1 is 1.15 bits per heavy atom. The van der Waals surface area contributed by atoms with E-state index >= 15 is 0 Å². The number of nitrogens with zero attached hydrogens (tertiary/aromatic N) is 5. The number of piperidine rings is 1. The second-order valence-electron chi connectivity index (χ2n) is 8.51. The number of likely N-dealkylation sites (tertiary alicyclic amines) is 1. The summed E-state index contributed by atoms with van der Waals surface area (Å²) in [6.07, 6.45) is 8.21. The molecule has 8 heteroatoms. The average Bonchev–Trinajstić information content (AvgIpc) is 3.47. The van der Waals surface area contributed by atoms with Gasteiger partial charge in [0.1, 0.15) is 11.4 Å². The Labute approximate surface area is 157 Å². The minimum Gasteiger partial charge on any atom is -0.342 e. The number of hydrogen-bond donors (Lipinski definition) is 0. The molecule has 1 amide bonds. The van der Waals surface area contributed by atoms with Crippen molar-refractivity contribution in [1.82, 2.24) is 25.4 Å². The molecule has 2 aliphatic carbocycles. The molecule has 0 unspecified atom stereocenters. The van der Waals surface area contributed by atoms with E-state index in [1.165, 1.54) is 32.1 Å². The highest BCUT2D eigenvalue weighted by atomic mass is 16.6. The van der Waals surface area contributed by atoms with Crippen LogP contribution in [0.25, 0.3) is 0 Å². The summed E-state index contributed by atoms with van der Waals surface area (Å²) in [4.78, 5) is 19.2. The molecule has 1 aliphatic heterocycles. The van der Waals surface area contributed by atoms with E-state index in [-0.39, 0.29) is 23.7 Å². The predicted octanol–water partition coefficient (Wildman–Crippen LogP) is 2.54. The smallest absolute Gasteiger partial charge is 0.232 e. The first kappa shape index (κ1) is 16.9. The van der Waals surface area contributed by atoms with Crippen molar-refractivity contribution < 1.29 is 13.9 Å². The zero-order valence-corrected chi connectivity index (χ0v) is 15.7. The zero-order valence-electron chi connectivity index (χ0n) is 15.7. The van der Waals surface area contributed by atoms with Crippen LogP contribution in [0.1, 0.15) is 74.0 Å². The molecule has 0 atom stereocenters. The maximum atomic E-state index is 12.5. The zero-order chi connectivity index (χ0) is 18.4. The summed E-state index contributed by atoms with van der Waals surface area (Å²) in [5.74, 6) is 2.90. The molecule has 3 fully saturated rings. The third kappa shape index (κ3) is 2.95. The quantitative estimate of drug-likeness (QED) is 0.814. The van der Waals surface area contributed by atoms with Crippen molar-refractivity contribution in [3.63, 3.8) is 0 Å². The summed E-state index contributed by atoms with van der Waals surface area (Å²) in [5.41, 5.74) is 1.46. The maximum Gasteiger partial charge on any atom is 0.232 e. The molecule has 0 radical (unpaired) electrons. The fourth-order valence-electron chi connectivity index (χ4n) is 5.16. The van der Waals surface area contributed by atoms with Gasteiger partial charge in [-0.2, -0.15) is 4.98 Å². The molecular weight excluding hydrogens is 346 g/mol. The van der Waals surface area contributed by atoms with Crippen LogP contribution in [0.5, 0.6) is 0 Å². The largest absolute Gasteiger partial charge is 0.342 e. The molecular formula is C19H25N5O3. The molecule has 144 valence electrons. The maximum absolute atomic E-state index is 12.5. The fourth-order valence-corrected chi connectivity index (χ4v) is 5.16. The van der Waals surface area contributed by atoms with Crippen LogP contribution < -0.4 is 0 Å². The molecule has 0 spiro atoms. The van der Waals surface area contributed by atoms with Gasteiger partial charge in [-0.3, -0.25) is 4.79 Å². The van der Waals surface area contributed by atoms with Gasteiger partial charge >= 0.3 is 0 Å². The molecule has 2 saturated carbocycles. The van der Waals surface area contributed by atoms with Crippen LogP contribution >= 0.6 is 0 Å². The first-order valence-corrected chi connectivity index (χ1v) is 10.0. The van der Waals surface area contributed by atoms with E-state index < -0.39 is 0 Å². The lowest BCUT2D eigenvalue weighted by Crippen LogP contribution is -2.39. The van der Waals surface area contributed by atoms with Crippen LogP contribution in [-0.4, -0.2) is 44.4 Å². The molecule has 0 N–H and O–H groups in total. The molecule has 27 heavy (non-hydrogen) atoms. The minimum absolute atomic E-state index is 0.0721. The standard InChI is InChI=1S/C19H25N5O3/c1-12-15(22-27-21-12)10-16(25)24-8-4-14(5-9-24)17-20-18(26-23-17)19-6-2-13(11-19)3-7-19/h13-14H,2-11H2,1H3. The van der Waals surface area contributed by atoms with Gasteiger partial charge < -0.3 is 9.42 Å². The van der Waals surface area contributed by atoms with E-state index in [1.807, 2.05) is 4.90 Å². The van der Waals surface area contributed by atoms with Crippen molar-refractivity contribution in [2.75, 3.05) is 13.1 Å². The normalized spacial score (nSPS) is 28.2. The highest BCUT2D eigenvalue weighted by molar-refractivity contribution is 5.78. The number of carbonyl (C=O) groups is 1. The highest BCUT2D eigenvalue weighted by Gasteiger charge is 2.49. The highest BCUT2D eigenvalue weighted by Crippen LogP contribution is 2.54. The average molecular weight is 371 g/mol. The Kier molecular flexibility index (Phi) is 4.02. The molecule has 5 rings (SSSR count). The Hall–Kier alpha value is -2.25. The second-order valence-corrected chi connectivity index (χ2v) is 8.51. The van der Waals surface area contributed by atoms with Gasteiger partial charge in [-0.15, -0.1) is 0 Å². The molecule has 1 saturated heterocycles. The van der Waals surface area contributed by atoms with Gasteiger partial charge in [0.25, 0.3) is 0 Å². The first-order chi connectivity index (χ1) is 13.1. The van der Waals surface area contributed by atoms with Crippen LogP contribution in [-0.2, 0) is 16.6 Å². The van der Waals surface area contributed by atoms with Crippen LogP contribution in [0, 0.1) is 12.8 Å². The van der Waals surface area contributed by atoms with Gasteiger partial charge in [-0.05, 0) is 57.8 Å². The Morgan fingerprint density at radius 2 is 1.93 bits per heavy atom. The Morgan fingerprint density at radius 3 is 2.56 bits per heavy atom. The van der Waals surface area contributed by atoms with E-state index in [0.29, 0.717) is 24.5 Å². The lowest BCUT2D eigenvalue weighted by Gasteiger charge is -2.30. The van der Waals surface area contributed by atoms with E-state index in [2.05, 4.69) is 20.1 Å². The number of aryl methyl sites for hydroxylation is 1. The molecule has 2 aromatic rings. The summed E-state index contributed by atoms with van der Waals surface area (Å²) in [7, 11) is 0. The monoisotopic (exact) mass is 371 g/mol. The van der Waals surface area contributed by atoms with Gasteiger partial charge in [-0.1, -0.05) is 15.5 Å². The SMILES string of the molecule is Cc1nonc1CC(=O)N1CCC(c2noc(C34CCC(CC3)C4)n2)CC1. The van der Waals surface area contributed by atoms with Gasteiger partial charge in [0.15, 0.2) is 5.82 Å². The van der Waals surface area contributed by atoms with Crippen LogP contribution in [0.15, 0.2) is 9.15 Å². The van der Waals surface area contributed by atoms with E-state index in [0.717, 1.165) is 30.5 Å². The second kappa shape index (κ2) is 6.42. The number of hydrogen-bond acceptors (Lipinski definition) is 7. The molecule has 3 heterocycles. The van der Waals surface area contributed by atoms with Crippen LogP contribution in [0.4, 0.5) is 0 Å². The lowest BCUT2D eigenvalue weighted by molar-refractivity contribution is -0.131. The summed E-state index contributed by atoms with van der Waals surface area (Å²) in [6, 6.07) is 0. The lowest BCUT2D eigenvalue weighted by atomic mass is 9.84. The third-order valence-corrected chi connectivity index (χ3v) is 6.91. The summed E-state index contributed by atoms with van der Waals surface area (Å²) >= 11 is 0. The van der Waals surface area contributed by atoms with Gasteiger partial charge in [0.05, 0.1) is 6.42 Å². The Bertz CT molecular complexity index is 828. The topological polar surface area (TPSA) is 98.2 Å². The van der Waals surface area contributed by atoms with Gasteiger partial charge in [0, 0.05) is 24.4 Å². The molecule has 8 nitrogen and oxygen atoms in total. The van der Waals surface area contributed by atoms with E-state index in [1.54, 1.807) is 6.92 Å². The molecule has 2 bridgehead atoms. The number of aromatic nitrogens is 4. The number of fused-ring (bicyclic) bond motifs is 2. The number of amides is 1.